The van der Waals surface area contributed by atoms with Gasteiger partial charge in [0.05, 0.1) is 11.7 Å². The molecule has 0 spiro atoms. The summed E-state index contributed by atoms with van der Waals surface area (Å²) >= 11 is 2.11. The quantitative estimate of drug-likeness (QED) is 0.347. The first-order valence-electron chi connectivity index (χ1n) is 8.01. The molecular formula is C20H16F4IN. The second-order valence-corrected chi connectivity index (χ2v) is 7.46. The minimum absolute atomic E-state index is 0.129. The predicted molar refractivity (Wildman–Crippen MR) is 104 cm³/mol. The summed E-state index contributed by atoms with van der Waals surface area (Å²) in [7, 11) is 0. The van der Waals surface area contributed by atoms with Gasteiger partial charge in [0.1, 0.15) is 11.7 Å². The smallest absolute Gasteiger partial charge is 0.182 e. The summed E-state index contributed by atoms with van der Waals surface area (Å²) in [6.45, 7) is 2.93. The molecule has 0 aliphatic heterocycles. The van der Waals surface area contributed by atoms with E-state index in [0.717, 1.165) is 9.65 Å². The largest absolute Gasteiger partial charge is 0.329 e. The number of hydrogen-bond acceptors (Lipinski definition) is 1. The molecular weight excluding hydrogens is 457 g/mol. The van der Waals surface area contributed by atoms with E-state index in [1.54, 1.807) is 24.3 Å². The Morgan fingerprint density at radius 2 is 1.58 bits per heavy atom. The van der Waals surface area contributed by atoms with Crippen LogP contribution >= 0.6 is 22.6 Å². The Bertz CT molecular complexity index is 903. The zero-order chi connectivity index (χ0) is 19.0. The van der Waals surface area contributed by atoms with E-state index in [9.17, 15) is 17.6 Å². The van der Waals surface area contributed by atoms with E-state index in [2.05, 4.69) is 22.6 Å². The molecule has 0 heterocycles. The van der Waals surface area contributed by atoms with Crippen molar-refractivity contribution in [3.63, 3.8) is 0 Å². The van der Waals surface area contributed by atoms with Gasteiger partial charge in [0.15, 0.2) is 11.6 Å². The standard InChI is InChI=1S/C20H16F4IN/c1-11-3-8-17(20(24)19(11)23)26(14-6-4-13(25)5-7-14)18-10-15(21)12(2)9-16(18)22/h3-9,18H,10H2,1-2H3. The molecule has 1 unspecified atom stereocenters. The summed E-state index contributed by atoms with van der Waals surface area (Å²) < 4.78 is 58.6. The van der Waals surface area contributed by atoms with Gasteiger partial charge in [-0.25, -0.2) is 17.6 Å². The summed E-state index contributed by atoms with van der Waals surface area (Å²) in [4.78, 5) is 1.31. The molecule has 0 saturated carbocycles. The molecule has 0 radical (unpaired) electrons. The molecule has 1 nitrogen and oxygen atoms in total. The van der Waals surface area contributed by atoms with Crippen molar-refractivity contribution < 1.29 is 17.6 Å². The number of benzene rings is 2. The molecule has 2 aromatic carbocycles. The minimum Gasteiger partial charge on any atom is -0.329 e. The average molecular weight is 473 g/mol. The molecule has 26 heavy (non-hydrogen) atoms. The van der Waals surface area contributed by atoms with Crippen LogP contribution in [0, 0.1) is 22.1 Å². The second kappa shape index (κ2) is 7.42. The van der Waals surface area contributed by atoms with Gasteiger partial charge >= 0.3 is 0 Å². The van der Waals surface area contributed by atoms with Crippen LogP contribution in [0.25, 0.3) is 0 Å². The molecule has 3 rings (SSSR count). The van der Waals surface area contributed by atoms with Crippen molar-refractivity contribution in [1.29, 1.82) is 0 Å². The molecule has 0 aromatic heterocycles. The summed E-state index contributed by atoms with van der Waals surface area (Å²) in [6.07, 6.45) is 0.848. The predicted octanol–water partition coefficient (Wildman–Crippen LogP) is 6.89. The van der Waals surface area contributed by atoms with Crippen LogP contribution in [0.15, 0.2) is 59.7 Å². The van der Waals surface area contributed by atoms with Gasteiger partial charge in [0.25, 0.3) is 0 Å². The highest BCUT2D eigenvalue weighted by molar-refractivity contribution is 14.1. The molecule has 0 amide bonds. The van der Waals surface area contributed by atoms with Gasteiger partial charge in [-0.3, -0.25) is 0 Å². The normalized spacial score (nSPS) is 17.3. The second-order valence-electron chi connectivity index (χ2n) is 6.21. The lowest BCUT2D eigenvalue weighted by Crippen LogP contribution is -2.34. The maximum absolute atomic E-state index is 14.7. The first-order valence-corrected chi connectivity index (χ1v) is 9.09. The fraction of sp³-hybridized carbons (Fsp3) is 0.200. The first kappa shape index (κ1) is 18.9. The molecule has 136 valence electrons. The Labute approximate surface area is 163 Å². The highest BCUT2D eigenvalue weighted by atomic mass is 127. The number of nitrogens with zero attached hydrogens (tertiary/aromatic N) is 1. The van der Waals surface area contributed by atoms with Gasteiger partial charge in [-0.15, -0.1) is 0 Å². The van der Waals surface area contributed by atoms with E-state index >= 15 is 0 Å². The van der Waals surface area contributed by atoms with Crippen molar-refractivity contribution in [3.8, 4) is 0 Å². The Kier molecular flexibility index (Phi) is 5.41. The Morgan fingerprint density at radius 1 is 0.923 bits per heavy atom. The van der Waals surface area contributed by atoms with Gasteiger partial charge in [-0.2, -0.15) is 0 Å². The first-order chi connectivity index (χ1) is 12.3. The number of halogens is 5. The van der Waals surface area contributed by atoms with Crippen LogP contribution in [0.1, 0.15) is 18.9 Å². The highest BCUT2D eigenvalue weighted by Gasteiger charge is 2.32. The molecule has 1 aliphatic rings. The van der Waals surface area contributed by atoms with Crippen molar-refractivity contribution in [2.75, 3.05) is 4.90 Å². The zero-order valence-corrected chi connectivity index (χ0v) is 16.3. The fourth-order valence-corrected chi connectivity index (χ4v) is 3.29. The van der Waals surface area contributed by atoms with Crippen LogP contribution in [-0.4, -0.2) is 6.04 Å². The van der Waals surface area contributed by atoms with Crippen LogP contribution in [0.3, 0.4) is 0 Å². The van der Waals surface area contributed by atoms with E-state index in [4.69, 9.17) is 0 Å². The summed E-state index contributed by atoms with van der Waals surface area (Å²) in [5.41, 5.74) is 0.677. The van der Waals surface area contributed by atoms with Gasteiger partial charge in [0, 0.05) is 15.7 Å². The average Bonchev–Trinajstić information content (AvgIpc) is 2.60. The van der Waals surface area contributed by atoms with Gasteiger partial charge in [0.2, 0.25) is 0 Å². The van der Waals surface area contributed by atoms with Crippen LogP contribution in [0.5, 0.6) is 0 Å². The third-order valence-corrected chi connectivity index (χ3v) is 5.12. The lowest BCUT2D eigenvalue weighted by Gasteiger charge is -2.34. The molecule has 2 aromatic rings. The van der Waals surface area contributed by atoms with Crippen molar-refractivity contribution in [3.05, 3.63) is 80.5 Å². The van der Waals surface area contributed by atoms with E-state index in [-0.39, 0.29) is 23.2 Å². The van der Waals surface area contributed by atoms with E-state index in [0.29, 0.717) is 5.69 Å². The number of rotatable bonds is 3. The maximum atomic E-state index is 14.7. The van der Waals surface area contributed by atoms with E-state index in [1.807, 2.05) is 0 Å². The van der Waals surface area contributed by atoms with Crippen LogP contribution < -0.4 is 4.90 Å². The molecule has 0 bridgehead atoms. The van der Waals surface area contributed by atoms with Crippen LogP contribution in [-0.2, 0) is 0 Å². The SMILES string of the molecule is CC1=C(F)CC(N(c2ccc(I)cc2)c2ccc(C)c(F)c2F)C(F)=C1. The summed E-state index contributed by atoms with van der Waals surface area (Å²) in [6, 6.07) is 8.62. The van der Waals surface area contributed by atoms with E-state index in [1.165, 1.54) is 30.9 Å². The Hall–Kier alpha value is -1.83. The molecule has 1 aliphatic carbocycles. The highest BCUT2D eigenvalue weighted by Crippen LogP contribution is 2.39. The van der Waals surface area contributed by atoms with Crippen molar-refractivity contribution in [2.45, 2.75) is 26.3 Å². The zero-order valence-electron chi connectivity index (χ0n) is 14.2. The molecule has 0 N–H and O–H groups in total. The molecule has 1 atom stereocenters. The number of anilines is 2. The van der Waals surface area contributed by atoms with E-state index < -0.39 is 29.3 Å². The van der Waals surface area contributed by atoms with Gasteiger partial charge < -0.3 is 4.90 Å². The van der Waals surface area contributed by atoms with Gasteiger partial charge in [-0.1, -0.05) is 6.07 Å². The van der Waals surface area contributed by atoms with Crippen molar-refractivity contribution >= 4 is 34.0 Å². The number of hydrogen-bond donors (Lipinski definition) is 0. The number of aryl methyl sites for hydroxylation is 1. The third-order valence-electron chi connectivity index (χ3n) is 4.40. The Balaban J connectivity index is 2.17. The van der Waals surface area contributed by atoms with Crippen molar-refractivity contribution in [1.82, 2.24) is 0 Å². The molecule has 6 heteroatoms. The van der Waals surface area contributed by atoms with Gasteiger partial charge in [-0.05, 0) is 84.0 Å². The maximum Gasteiger partial charge on any atom is 0.182 e. The van der Waals surface area contributed by atoms with Crippen LogP contribution in [0.2, 0.25) is 0 Å². The Morgan fingerprint density at radius 3 is 2.23 bits per heavy atom. The topological polar surface area (TPSA) is 3.24 Å². The third kappa shape index (κ3) is 3.51. The minimum atomic E-state index is -1.09. The lowest BCUT2D eigenvalue weighted by molar-refractivity contribution is 0.462. The number of allylic oxidation sites excluding steroid dienone is 2. The summed E-state index contributed by atoms with van der Waals surface area (Å²) in [5.74, 6) is -3.14. The van der Waals surface area contributed by atoms with Crippen LogP contribution in [0.4, 0.5) is 28.9 Å². The summed E-state index contributed by atoms with van der Waals surface area (Å²) in [5, 5.41) is 0. The van der Waals surface area contributed by atoms with Crippen molar-refractivity contribution in [2.24, 2.45) is 0 Å². The molecule has 0 fully saturated rings. The monoisotopic (exact) mass is 473 g/mol. The lowest BCUT2D eigenvalue weighted by atomic mass is 9.98. The fourth-order valence-electron chi connectivity index (χ4n) is 2.93. The molecule has 0 saturated heterocycles.